The Kier molecular flexibility index (Phi) is 3.87. The summed E-state index contributed by atoms with van der Waals surface area (Å²) in [5.41, 5.74) is 4.85. The number of piperidine rings is 3. The number of nitrogens with one attached hydrogen (secondary N) is 1. The van der Waals surface area contributed by atoms with Gasteiger partial charge in [-0.2, -0.15) is 0 Å². The van der Waals surface area contributed by atoms with Gasteiger partial charge in [0.15, 0.2) is 11.4 Å². The van der Waals surface area contributed by atoms with Crippen LogP contribution in [0.1, 0.15) is 26.2 Å². The Bertz CT molecular complexity index is 772. The number of nitrogens with zero attached hydrogens (tertiary/aromatic N) is 2. The lowest BCUT2D eigenvalue weighted by Crippen LogP contribution is -2.78. The first-order valence-corrected chi connectivity index (χ1v) is 10.1. The van der Waals surface area contributed by atoms with Crippen molar-refractivity contribution in [1.29, 1.82) is 0 Å². The lowest BCUT2D eigenvalue weighted by Gasteiger charge is -2.59. The van der Waals surface area contributed by atoms with Gasteiger partial charge in [0.1, 0.15) is 10.9 Å². The highest BCUT2D eigenvalue weighted by atomic mass is 32.2. The van der Waals surface area contributed by atoms with E-state index < -0.39 is 28.2 Å². The van der Waals surface area contributed by atoms with E-state index in [1.165, 1.54) is 16.7 Å². The Labute approximate surface area is 160 Å². The Morgan fingerprint density at radius 3 is 2.41 bits per heavy atom. The summed E-state index contributed by atoms with van der Waals surface area (Å²) in [6, 6.07) is 0. The molecule has 0 aliphatic carbocycles. The minimum Gasteiger partial charge on any atom is -0.476 e. The molecule has 3 amide bonds. The van der Waals surface area contributed by atoms with Gasteiger partial charge in [-0.25, -0.2) is 4.79 Å². The maximum atomic E-state index is 12.7. The van der Waals surface area contributed by atoms with Gasteiger partial charge in [-0.15, -0.1) is 11.8 Å². The molecule has 5 heterocycles. The molecule has 27 heavy (non-hydrogen) atoms. The number of carboxylic acid groups (broad SMARTS) is 1. The Balaban J connectivity index is 1.70. The number of rotatable bonds is 5. The summed E-state index contributed by atoms with van der Waals surface area (Å²) < 4.78 is 0.512. The fourth-order valence-corrected chi connectivity index (χ4v) is 6.67. The number of β-lactam (4-membered cyclic amide) rings is 1. The molecule has 5 aliphatic heterocycles. The summed E-state index contributed by atoms with van der Waals surface area (Å²) in [6.45, 7) is 3.60. The Hall–Kier alpha value is -2.07. The fraction of sp³-hybridized carbons (Fsp3) is 0.647. The molecule has 2 atom stereocenters. The van der Waals surface area contributed by atoms with Crippen LogP contribution in [0.2, 0.25) is 0 Å². The van der Waals surface area contributed by atoms with Crippen molar-refractivity contribution >= 4 is 36.0 Å². The number of amides is 3. The van der Waals surface area contributed by atoms with Gasteiger partial charge >= 0.3 is 5.97 Å². The normalized spacial score (nSPS) is 40.3. The molecule has 4 saturated heterocycles. The standard InChI is InChI=1S/C17H22N4O5S/c1-16(19-9-22)14(26)20-11(12(23)24)10(8-27-15(16)20)21-5-2-17(3-6-21,4-7-21)13(18)25/h9,15H,2-8H2,1H3,(H3-,18,19,22,23,24,25)/p+1/t15-,16+,17?,21?/m0/s1. The van der Waals surface area contributed by atoms with Crippen molar-refractivity contribution in [3.05, 3.63) is 11.4 Å². The van der Waals surface area contributed by atoms with Crippen LogP contribution in [0.15, 0.2) is 11.4 Å². The maximum absolute atomic E-state index is 12.7. The van der Waals surface area contributed by atoms with E-state index in [9.17, 15) is 24.3 Å². The van der Waals surface area contributed by atoms with Gasteiger partial charge in [-0.3, -0.25) is 23.8 Å². The molecule has 9 nitrogen and oxygen atoms in total. The summed E-state index contributed by atoms with van der Waals surface area (Å²) in [7, 11) is 0. The predicted molar refractivity (Wildman–Crippen MR) is 95.7 cm³/mol. The number of carbonyl (C=O) groups excluding carboxylic acids is 3. The SMILES string of the molecule is C[C@@]1(NC=O)C(=O)N2C(C(=O)O)=C([N+]34CCC(C(N)=O)(CC3)CC4)CS[C@H]21. The number of nitrogens with two attached hydrogens (primary N) is 1. The van der Waals surface area contributed by atoms with Crippen LogP contribution in [0.4, 0.5) is 0 Å². The third-order valence-corrected chi connectivity index (χ3v) is 8.43. The first-order valence-electron chi connectivity index (χ1n) is 9.00. The summed E-state index contributed by atoms with van der Waals surface area (Å²) >= 11 is 1.48. The number of thioether (sulfide) groups is 1. The molecule has 0 aromatic carbocycles. The molecular formula is C17H23N4O5S+. The number of carboxylic acids is 1. The zero-order chi connectivity index (χ0) is 19.6. The molecule has 146 valence electrons. The summed E-state index contributed by atoms with van der Waals surface area (Å²) in [5.74, 6) is -1.31. The van der Waals surface area contributed by atoms with Crippen LogP contribution in [0.3, 0.4) is 0 Å². The number of aliphatic carboxylic acids is 1. The van der Waals surface area contributed by atoms with Crippen molar-refractivity contribution in [1.82, 2.24) is 10.2 Å². The molecular weight excluding hydrogens is 372 g/mol. The van der Waals surface area contributed by atoms with E-state index in [0.717, 1.165) is 5.70 Å². The van der Waals surface area contributed by atoms with Gasteiger partial charge in [-0.1, -0.05) is 0 Å². The predicted octanol–water partition coefficient (Wildman–Crippen LogP) is -0.812. The Morgan fingerprint density at radius 1 is 1.33 bits per heavy atom. The summed E-state index contributed by atoms with van der Waals surface area (Å²) in [5, 5.41) is 12.0. The molecule has 5 aliphatic rings. The number of primary amides is 1. The molecule has 10 heteroatoms. The van der Waals surface area contributed by atoms with Gasteiger partial charge in [0, 0.05) is 19.3 Å². The molecule has 5 rings (SSSR count). The summed E-state index contributed by atoms with van der Waals surface area (Å²) in [4.78, 5) is 48.9. The molecule has 0 unspecified atom stereocenters. The second-order valence-electron chi connectivity index (χ2n) is 8.11. The van der Waals surface area contributed by atoms with Crippen LogP contribution in [0.25, 0.3) is 0 Å². The molecule has 4 fully saturated rings. The highest BCUT2D eigenvalue weighted by Gasteiger charge is 2.65. The number of hydrogen-bond donors (Lipinski definition) is 3. The first-order chi connectivity index (χ1) is 12.7. The quantitative estimate of drug-likeness (QED) is 0.317. The van der Waals surface area contributed by atoms with E-state index in [0.29, 0.717) is 55.5 Å². The van der Waals surface area contributed by atoms with Crippen molar-refractivity contribution in [2.45, 2.75) is 37.1 Å². The van der Waals surface area contributed by atoms with Crippen molar-refractivity contribution in [2.24, 2.45) is 11.1 Å². The third-order valence-electron chi connectivity index (χ3n) is 7.00. The minimum absolute atomic E-state index is 0.0439. The van der Waals surface area contributed by atoms with Gasteiger partial charge < -0.3 is 16.2 Å². The van der Waals surface area contributed by atoms with Gasteiger partial charge in [0.2, 0.25) is 12.3 Å². The van der Waals surface area contributed by atoms with Gasteiger partial charge in [-0.05, 0) is 6.92 Å². The minimum atomic E-state index is -1.12. The average molecular weight is 395 g/mol. The number of fused-ring (bicyclic) bond motifs is 4. The number of quaternary nitrogens is 1. The van der Waals surface area contributed by atoms with Crippen molar-refractivity contribution in [3.8, 4) is 0 Å². The van der Waals surface area contributed by atoms with E-state index in [2.05, 4.69) is 5.32 Å². The van der Waals surface area contributed by atoms with Crippen LogP contribution in [0.5, 0.6) is 0 Å². The highest BCUT2D eigenvalue weighted by molar-refractivity contribution is 8.00. The molecule has 4 N–H and O–H groups in total. The van der Waals surface area contributed by atoms with Crippen LogP contribution >= 0.6 is 11.8 Å². The average Bonchev–Trinajstić information content (AvgIpc) is 2.67. The van der Waals surface area contributed by atoms with E-state index in [1.807, 2.05) is 0 Å². The van der Waals surface area contributed by atoms with Crippen LogP contribution < -0.4 is 11.1 Å². The van der Waals surface area contributed by atoms with E-state index >= 15 is 0 Å². The van der Waals surface area contributed by atoms with Crippen LogP contribution in [-0.2, 0) is 19.2 Å². The zero-order valence-corrected chi connectivity index (χ0v) is 15.9. The van der Waals surface area contributed by atoms with Crippen LogP contribution in [-0.4, -0.2) is 75.0 Å². The largest absolute Gasteiger partial charge is 0.476 e. The maximum Gasteiger partial charge on any atom is 0.358 e. The van der Waals surface area contributed by atoms with Gasteiger partial charge in [0.25, 0.3) is 5.91 Å². The number of hydrogen-bond acceptors (Lipinski definition) is 5. The molecule has 2 bridgehead atoms. The second kappa shape index (κ2) is 5.71. The topological polar surface area (TPSA) is 130 Å². The lowest BCUT2D eigenvalue weighted by atomic mass is 9.69. The van der Waals surface area contributed by atoms with Crippen LogP contribution in [0, 0.1) is 5.41 Å². The fourth-order valence-electron chi connectivity index (χ4n) is 5.09. The van der Waals surface area contributed by atoms with Gasteiger partial charge in [0.05, 0.1) is 30.8 Å². The summed E-state index contributed by atoms with van der Waals surface area (Å²) in [6.07, 6.45) is 2.41. The molecule has 0 aromatic rings. The number of carbonyl (C=O) groups is 4. The smallest absolute Gasteiger partial charge is 0.358 e. The second-order valence-corrected chi connectivity index (χ2v) is 9.18. The van der Waals surface area contributed by atoms with E-state index in [1.54, 1.807) is 6.92 Å². The Morgan fingerprint density at radius 2 is 1.93 bits per heavy atom. The first kappa shape index (κ1) is 18.3. The third kappa shape index (κ3) is 2.22. The van der Waals surface area contributed by atoms with Crippen molar-refractivity contribution in [2.75, 3.05) is 25.4 Å². The highest BCUT2D eigenvalue weighted by Crippen LogP contribution is 2.52. The monoisotopic (exact) mass is 395 g/mol. The molecule has 0 aromatic heterocycles. The molecule has 0 saturated carbocycles. The molecule has 0 radical (unpaired) electrons. The zero-order valence-electron chi connectivity index (χ0n) is 15.1. The lowest BCUT2D eigenvalue weighted by molar-refractivity contribution is -0.909. The van der Waals surface area contributed by atoms with E-state index in [4.69, 9.17) is 5.73 Å². The molecule has 0 spiro atoms. The van der Waals surface area contributed by atoms with E-state index in [-0.39, 0.29) is 11.6 Å². The van der Waals surface area contributed by atoms with Crippen molar-refractivity contribution < 1.29 is 28.8 Å². The van der Waals surface area contributed by atoms with Crippen molar-refractivity contribution in [3.63, 3.8) is 0 Å².